The topological polar surface area (TPSA) is 76.7 Å². The number of ether oxygens (including phenoxy) is 2. The maximum atomic E-state index is 12.2. The van der Waals surface area contributed by atoms with Crippen LogP contribution in [0.25, 0.3) is 0 Å². The van der Waals surface area contributed by atoms with Crippen LogP contribution in [0.4, 0.5) is 4.79 Å². The maximum absolute atomic E-state index is 12.2. The smallest absolute Gasteiger partial charge is 0.408 e. The second-order valence-corrected chi connectivity index (χ2v) is 6.93. The van der Waals surface area contributed by atoms with E-state index in [0.29, 0.717) is 11.3 Å². The lowest BCUT2D eigenvalue weighted by molar-refractivity contribution is 0.0469. The summed E-state index contributed by atoms with van der Waals surface area (Å²) in [5.74, 6) is 0.381. The Kier molecular flexibility index (Phi) is 6.01. The van der Waals surface area contributed by atoms with E-state index in [0.717, 1.165) is 0 Å². The van der Waals surface area contributed by atoms with Crippen LogP contribution in [0.3, 0.4) is 0 Å². The quantitative estimate of drug-likeness (QED) is 0.874. The maximum Gasteiger partial charge on any atom is 0.408 e. The molecule has 0 spiro atoms. The number of nitrogens with one attached hydrogen (secondary N) is 2. The van der Waals surface area contributed by atoms with Crippen LogP contribution in [0.1, 0.15) is 45.0 Å². The zero-order valence-corrected chi connectivity index (χ0v) is 14.6. The lowest BCUT2D eigenvalue weighted by atomic mass is 10.1. The molecule has 0 aliphatic carbocycles. The van der Waals surface area contributed by atoms with Crippen LogP contribution in [0, 0.1) is 0 Å². The predicted molar refractivity (Wildman–Crippen MR) is 88.8 cm³/mol. The standard InChI is InChI=1S/C17H26N2O4/c1-16(2,3)23-15(21)19-17(4,5)11-18-14(20)12-8-7-9-13(10-12)22-6/h7-10H,11H2,1-6H3,(H,18,20)(H,19,21). The molecule has 1 aromatic carbocycles. The number of carbonyl (C=O) groups is 2. The molecule has 0 aliphatic rings. The molecular formula is C17H26N2O4. The molecule has 0 fully saturated rings. The monoisotopic (exact) mass is 322 g/mol. The van der Waals surface area contributed by atoms with E-state index in [1.807, 2.05) is 13.8 Å². The third-order valence-corrected chi connectivity index (χ3v) is 2.86. The third-order valence-electron chi connectivity index (χ3n) is 2.86. The second kappa shape index (κ2) is 7.35. The average Bonchev–Trinajstić information content (AvgIpc) is 2.42. The minimum Gasteiger partial charge on any atom is -0.497 e. The van der Waals surface area contributed by atoms with E-state index in [1.54, 1.807) is 52.1 Å². The van der Waals surface area contributed by atoms with Crippen molar-refractivity contribution in [3.05, 3.63) is 29.8 Å². The molecule has 6 nitrogen and oxygen atoms in total. The van der Waals surface area contributed by atoms with Crippen molar-refractivity contribution in [2.75, 3.05) is 13.7 Å². The number of amides is 2. The number of methoxy groups -OCH3 is 1. The van der Waals surface area contributed by atoms with Gasteiger partial charge in [0.1, 0.15) is 11.4 Å². The highest BCUT2D eigenvalue weighted by Gasteiger charge is 2.25. The van der Waals surface area contributed by atoms with Crippen LogP contribution in [0.15, 0.2) is 24.3 Å². The van der Waals surface area contributed by atoms with Crippen molar-refractivity contribution >= 4 is 12.0 Å². The summed E-state index contributed by atoms with van der Waals surface area (Å²) in [6.45, 7) is 9.27. The second-order valence-electron chi connectivity index (χ2n) is 6.93. The summed E-state index contributed by atoms with van der Waals surface area (Å²) in [5, 5.41) is 5.54. The molecule has 1 aromatic rings. The molecule has 1 rings (SSSR count). The Balaban J connectivity index is 2.57. The van der Waals surface area contributed by atoms with Crippen LogP contribution >= 0.6 is 0 Å². The van der Waals surface area contributed by atoms with E-state index in [2.05, 4.69) is 10.6 Å². The fourth-order valence-corrected chi connectivity index (χ4v) is 1.79. The summed E-state index contributed by atoms with van der Waals surface area (Å²) in [5.41, 5.74) is -0.710. The fraction of sp³-hybridized carbons (Fsp3) is 0.529. The lowest BCUT2D eigenvalue weighted by Gasteiger charge is -2.28. The number of hydrogen-bond donors (Lipinski definition) is 2. The van der Waals surface area contributed by atoms with Crippen LogP contribution in [0.5, 0.6) is 5.75 Å². The Morgan fingerprint density at radius 2 is 1.78 bits per heavy atom. The van der Waals surface area contributed by atoms with Gasteiger partial charge in [-0.2, -0.15) is 0 Å². The summed E-state index contributed by atoms with van der Waals surface area (Å²) >= 11 is 0. The minimum absolute atomic E-state index is 0.233. The molecule has 0 heterocycles. The first-order valence-electron chi connectivity index (χ1n) is 7.46. The molecule has 23 heavy (non-hydrogen) atoms. The molecule has 0 aromatic heterocycles. The van der Waals surface area contributed by atoms with E-state index in [-0.39, 0.29) is 12.5 Å². The number of carbonyl (C=O) groups excluding carboxylic acids is 2. The molecule has 0 radical (unpaired) electrons. The molecule has 2 amide bonds. The van der Waals surface area contributed by atoms with Crippen molar-refractivity contribution in [1.29, 1.82) is 0 Å². The number of benzene rings is 1. The van der Waals surface area contributed by atoms with Gasteiger partial charge in [0.25, 0.3) is 5.91 Å². The van der Waals surface area contributed by atoms with Gasteiger partial charge in [-0.05, 0) is 52.8 Å². The summed E-state index contributed by atoms with van der Waals surface area (Å²) in [6, 6.07) is 6.87. The van der Waals surface area contributed by atoms with Gasteiger partial charge in [-0.25, -0.2) is 4.79 Å². The first-order valence-corrected chi connectivity index (χ1v) is 7.46. The minimum atomic E-state index is -0.642. The number of rotatable bonds is 5. The molecule has 0 saturated heterocycles. The largest absolute Gasteiger partial charge is 0.497 e. The molecule has 0 saturated carbocycles. The van der Waals surface area contributed by atoms with Gasteiger partial charge >= 0.3 is 6.09 Å². The van der Waals surface area contributed by atoms with Crippen molar-refractivity contribution in [1.82, 2.24) is 10.6 Å². The molecule has 2 N–H and O–H groups in total. The van der Waals surface area contributed by atoms with Gasteiger partial charge in [0.2, 0.25) is 0 Å². The zero-order valence-electron chi connectivity index (χ0n) is 14.6. The number of alkyl carbamates (subject to hydrolysis) is 1. The van der Waals surface area contributed by atoms with Crippen LogP contribution in [-0.2, 0) is 4.74 Å². The van der Waals surface area contributed by atoms with Gasteiger partial charge in [-0.1, -0.05) is 6.07 Å². The highest BCUT2D eigenvalue weighted by molar-refractivity contribution is 5.94. The van der Waals surface area contributed by atoms with Crippen molar-refractivity contribution in [3.8, 4) is 5.75 Å². The summed E-state index contributed by atoms with van der Waals surface area (Å²) < 4.78 is 10.3. The molecule has 6 heteroatoms. The first kappa shape index (κ1) is 18.8. The van der Waals surface area contributed by atoms with Crippen molar-refractivity contribution in [3.63, 3.8) is 0 Å². The average molecular weight is 322 g/mol. The van der Waals surface area contributed by atoms with E-state index in [4.69, 9.17) is 9.47 Å². The van der Waals surface area contributed by atoms with Gasteiger partial charge in [0, 0.05) is 12.1 Å². The predicted octanol–water partition coefficient (Wildman–Crippen LogP) is 2.73. The lowest BCUT2D eigenvalue weighted by Crippen LogP contribution is -2.52. The molecule has 128 valence electrons. The first-order chi connectivity index (χ1) is 10.5. The van der Waals surface area contributed by atoms with E-state index in [1.165, 1.54) is 0 Å². The van der Waals surface area contributed by atoms with E-state index in [9.17, 15) is 9.59 Å². The summed E-state index contributed by atoms with van der Waals surface area (Å²) in [6.07, 6.45) is -0.516. The van der Waals surface area contributed by atoms with Gasteiger partial charge in [0.15, 0.2) is 0 Å². The SMILES string of the molecule is COc1cccc(C(=O)NCC(C)(C)NC(=O)OC(C)(C)C)c1. The molecule has 0 atom stereocenters. The zero-order chi connectivity index (χ0) is 17.7. The van der Waals surface area contributed by atoms with Crippen molar-refractivity contribution < 1.29 is 19.1 Å². The van der Waals surface area contributed by atoms with Gasteiger partial charge in [-0.3, -0.25) is 4.79 Å². The van der Waals surface area contributed by atoms with E-state index >= 15 is 0 Å². The summed E-state index contributed by atoms with van der Waals surface area (Å²) in [4.78, 5) is 24.0. The van der Waals surface area contributed by atoms with Crippen molar-refractivity contribution in [2.24, 2.45) is 0 Å². The molecular weight excluding hydrogens is 296 g/mol. The van der Waals surface area contributed by atoms with Crippen LogP contribution in [0.2, 0.25) is 0 Å². The highest BCUT2D eigenvalue weighted by atomic mass is 16.6. The van der Waals surface area contributed by atoms with Crippen LogP contribution in [-0.4, -0.2) is 36.8 Å². The Bertz CT molecular complexity index is 562. The summed E-state index contributed by atoms with van der Waals surface area (Å²) in [7, 11) is 1.55. The van der Waals surface area contributed by atoms with E-state index < -0.39 is 17.2 Å². The van der Waals surface area contributed by atoms with Gasteiger partial charge in [-0.15, -0.1) is 0 Å². The fourth-order valence-electron chi connectivity index (χ4n) is 1.79. The highest BCUT2D eigenvalue weighted by Crippen LogP contribution is 2.13. The Morgan fingerprint density at radius 1 is 1.13 bits per heavy atom. The Labute approximate surface area is 137 Å². The number of hydrogen-bond acceptors (Lipinski definition) is 4. The van der Waals surface area contributed by atoms with Crippen molar-refractivity contribution in [2.45, 2.75) is 45.8 Å². The van der Waals surface area contributed by atoms with Gasteiger partial charge < -0.3 is 20.1 Å². The molecule has 0 bridgehead atoms. The normalized spacial score (nSPS) is 11.6. The Hall–Kier alpha value is -2.24. The van der Waals surface area contributed by atoms with Gasteiger partial charge in [0.05, 0.1) is 12.6 Å². The third kappa shape index (κ3) is 7.04. The Morgan fingerprint density at radius 3 is 2.35 bits per heavy atom. The molecule has 0 unspecified atom stereocenters. The van der Waals surface area contributed by atoms with Crippen LogP contribution < -0.4 is 15.4 Å². The molecule has 0 aliphatic heterocycles.